The van der Waals surface area contributed by atoms with Gasteiger partial charge in [-0.05, 0) is 31.0 Å². The highest BCUT2D eigenvalue weighted by Crippen LogP contribution is 2.21. The molecule has 7 heteroatoms. The van der Waals surface area contributed by atoms with E-state index in [-0.39, 0.29) is 23.8 Å². The van der Waals surface area contributed by atoms with Crippen LogP contribution in [0.15, 0.2) is 24.3 Å². The quantitative estimate of drug-likeness (QED) is 0.888. The van der Waals surface area contributed by atoms with E-state index in [2.05, 4.69) is 10.6 Å². The molecule has 1 aromatic carbocycles. The third kappa shape index (κ3) is 4.71. The molecule has 130 valence electrons. The first kappa shape index (κ1) is 17.8. The molecule has 24 heavy (non-hydrogen) atoms. The maximum absolute atomic E-state index is 12.5. The number of urea groups is 1. The Morgan fingerprint density at radius 2 is 1.83 bits per heavy atom. The normalized spacial score (nSPS) is 17.1. The average molecular weight is 332 g/mol. The first-order chi connectivity index (χ1) is 11.4. The molecule has 7 nitrogen and oxygen atoms in total. The van der Waals surface area contributed by atoms with E-state index in [4.69, 9.17) is 0 Å². The SMILES string of the molecule is CC(=O)Nc1cccc(NC(=O)[C@@H]2CCCN(C(=O)N(C)C)C2)c1. The second-order valence-electron chi connectivity index (χ2n) is 6.21. The number of hydrogen-bond acceptors (Lipinski definition) is 3. The van der Waals surface area contributed by atoms with Gasteiger partial charge < -0.3 is 20.4 Å². The summed E-state index contributed by atoms with van der Waals surface area (Å²) in [5.74, 6) is -0.498. The van der Waals surface area contributed by atoms with Crippen LogP contribution >= 0.6 is 0 Å². The summed E-state index contributed by atoms with van der Waals surface area (Å²) >= 11 is 0. The van der Waals surface area contributed by atoms with Crippen LogP contribution in [-0.2, 0) is 9.59 Å². The van der Waals surface area contributed by atoms with Crippen LogP contribution in [0.3, 0.4) is 0 Å². The molecule has 1 saturated heterocycles. The number of carbonyl (C=O) groups is 3. The van der Waals surface area contributed by atoms with Crippen LogP contribution in [-0.4, -0.2) is 54.8 Å². The van der Waals surface area contributed by atoms with Gasteiger partial charge in [0.2, 0.25) is 11.8 Å². The van der Waals surface area contributed by atoms with E-state index in [1.165, 1.54) is 11.8 Å². The summed E-state index contributed by atoms with van der Waals surface area (Å²) in [6.45, 7) is 2.54. The fourth-order valence-corrected chi connectivity index (χ4v) is 2.77. The summed E-state index contributed by atoms with van der Waals surface area (Å²) in [6, 6.07) is 6.94. The van der Waals surface area contributed by atoms with Crippen molar-refractivity contribution < 1.29 is 14.4 Å². The highest BCUT2D eigenvalue weighted by molar-refractivity contribution is 5.95. The van der Waals surface area contributed by atoms with Gasteiger partial charge in [0.25, 0.3) is 0 Å². The van der Waals surface area contributed by atoms with Crippen molar-refractivity contribution in [1.29, 1.82) is 0 Å². The van der Waals surface area contributed by atoms with Crippen LogP contribution in [0.25, 0.3) is 0 Å². The highest BCUT2D eigenvalue weighted by atomic mass is 16.2. The zero-order valence-electron chi connectivity index (χ0n) is 14.3. The van der Waals surface area contributed by atoms with Crippen molar-refractivity contribution in [2.45, 2.75) is 19.8 Å². The Labute approximate surface area is 142 Å². The zero-order valence-corrected chi connectivity index (χ0v) is 14.3. The van der Waals surface area contributed by atoms with Crippen molar-refractivity contribution in [3.05, 3.63) is 24.3 Å². The molecule has 1 aromatic rings. The maximum Gasteiger partial charge on any atom is 0.319 e. The zero-order chi connectivity index (χ0) is 17.7. The van der Waals surface area contributed by atoms with Crippen LogP contribution in [0.2, 0.25) is 0 Å². The van der Waals surface area contributed by atoms with Crippen LogP contribution < -0.4 is 10.6 Å². The molecule has 0 spiro atoms. The van der Waals surface area contributed by atoms with Gasteiger partial charge in [0, 0.05) is 45.5 Å². The Morgan fingerprint density at radius 3 is 2.46 bits per heavy atom. The molecule has 2 rings (SSSR count). The summed E-state index contributed by atoms with van der Waals surface area (Å²) in [7, 11) is 3.42. The van der Waals surface area contributed by atoms with Gasteiger partial charge in [-0.25, -0.2) is 4.79 Å². The molecule has 1 fully saturated rings. The van der Waals surface area contributed by atoms with E-state index >= 15 is 0 Å². The van der Waals surface area contributed by atoms with Crippen molar-refractivity contribution in [2.75, 3.05) is 37.8 Å². The number of amides is 4. The minimum absolute atomic E-state index is 0.0693. The molecule has 1 heterocycles. The van der Waals surface area contributed by atoms with Crippen molar-refractivity contribution >= 4 is 29.2 Å². The summed E-state index contributed by atoms with van der Waals surface area (Å²) in [6.07, 6.45) is 1.57. The number of likely N-dealkylation sites (tertiary alicyclic amines) is 1. The Balaban J connectivity index is 1.99. The van der Waals surface area contributed by atoms with Gasteiger partial charge >= 0.3 is 6.03 Å². The predicted molar refractivity (Wildman–Crippen MR) is 92.8 cm³/mol. The first-order valence-electron chi connectivity index (χ1n) is 8.01. The summed E-state index contributed by atoms with van der Waals surface area (Å²) in [5, 5.41) is 5.56. The lowest BCUT2D eigenvalue weighted by molar-refractivity contribution is -0.121. The molecular weight excluding hydrogens is 308 g/mol. The van der Waals surface area contributed by atoms with E-state index in [1.807, 2.05) is 0 Å². The Bertz CT molecular complexity index is 630. The fourth-order valence-electron chi connectivity index (χ4n) is 2.77. The second-order valence-corrected chi connectivity index (χ2v) is 6.21. The maximum atomic E-state index is 12.5. The van der Waals surface area contributed by atoms with Gasteiger partial charge in [0.15, 0.2) is 0 Å². The molecule has 1 aliphatic heterocycles. The van der Waals surface area contributed by atoms with Crippen LogP contribution in [0, 0.1) is 5.92 Å². The van der Waals surface area contributed by atoms with Crippen molar-refractivity contribution in [3.8, 4) is 0 Å². The van der Waals surface area contributed by atoms with E-state index in [0.29, 0.717) is 24.5 Å². The summed E-state index contributed by atoms with van der Waals surface area (Å²) < 4.78 is 0. The minimum Gasteiger partial charge on any atom is -0.331 e. The van der Waals surface area contributed by atoms with Crippen LogP contribution in [0.1, 0.15) is 19.8 Å². The smallest absolute Gasteiger partial charge is 0.319 e. The fraction of sp³-hybridized carbons (Fsp3) is 0.471. The number of benzene rings is 1. The largest absolute Gasteiger partial charge is 0.331 e. The first-order valence-corrected chi connectivity index (χ1v) is 8.01. The molecule has 0 aromatic heterocycles. The van der Waals surface area contributed by atoms with Crippen molar-refractivity contribution in [3.63, 3.8) is 0 Å². The lowest BCUT2D eigenvalue weighted by atomic mass is 9.97. The molecule has 0 radical (unpaired) electrons. The number of carbonyl (C=O) groups excluding carboxylic acids is 3. The van der Waals surface area contributed by atoms with Gasteiger partial charge in [-0.3, -0.25) is 9.59 Å². The minimum atomic E-state index is -0.230. The van der Waals surface area contributed by atoms with Gasteiger partial charge in [0.1, 0.15) is 0 Å². The lowest BCUT2D eigenvalue weighted by Gasteiger charge is -2.33. The Morgan fingerprint density at radius 1 is 1.17 bits per heavy atom. The monoisotopic (exact) mass is 332 g/mol. The molecule has 2 N–H and O–H groups in total. The standard InChI is InChI=1S/C17H24N4O3/c1-12(22)18-14-7-4-8-15(10-14)19-16(23)13-6-5-9-21(11-13)17(24)20(2)3/h4,7-8,10,13H,5-6,9,11H2,1-3H3,(H,18,22)(H,19,23)/t13-/m1/s1. The molecule has 0 saturated carbocycles. The molecule has 0 unspecified atom stereocenters. The molecule has 0 bridgehead atoms. The number of hydrogen-bond donors (Lipinski definition) is 2. The molecule has 4 amide bonds. The molecule has 0 aliphatic carbocycles. The van der Waals surface area contributed by atoms with Crippen LogP contribution in [0.4, 0.5) is 16.2 Å². The number of piperidine rings is 1. The van der Waals surface area contributed by atoms with Crippen molar-refractivity contribution in [2.24, 2.45) is 5.92 Å². The van der Waals surface area contributed by atoms with Crippen LogP contribution in [0.5, 0.6) is 0 Å². The van der Waals surface area contributed by atoms with E-state index in [0.717, 1.165) is 12.8 Å². The molecule has 1 atom stereocenters. The van der Waals surface area contributed by atoms with Gasteiger partial charge in [-0.2, -0.15) is 0 Å². The van der Waals surface area contributed by atoms with Crippen molar-refractivity contribution in [1.82, 2.24) is 9.80 Å². The van der Waals surface area contributed by atoms with Gasteiger partial charge in [-0.1, -0.05) is 6.07 Å². The number of nitrogens with zero attached hydrogens (tertiary/aromatic N) is 2. The second kappa shape index (κ2) is 7.81. The van der Waals surface area contributed by atoms with E-state index < -0.39 is 0 Å². The topological polar surface area (TPSA) is 81.8 Å². The van der Waals surface area contributed by atoms with E-state index in [9.17, 15) is 14.4 Å². The molecular formula is C17H24N4O3. The Hall–Kier alpha value is -2.57. The summed E-state index contributed by atoms with van der Waals surface area (Å²) in [5.41, 5.74) is 1.26. The number of rotatable bonds is 3. The third-order valence-corrected chi connectivity index (χ3v) is 3.90. The molecule has 1 aliphatic rings. The predicted octanol–water partition coefficient (Wildman–Crippen LogP) is 1.98. The summed E-state index contributed by atoms with van der Waals surface area (Å²) in [4.78, 5) is 38.9. The van der Waals surface area contributed by atoms with Gasteiger partial charge in [-0.15, -0.1) is 0 Å². The number of anilines is 2. The third-order valence-electron chi connectivity index (χ3n) is 3.90. The highest BCUT2D eigenvalue weighted by Gasteiger charge is 2.29. The lowest BCUT2D eigenvalue weighted by Crippen LogP contribution is -2.47. The van der Waals surface area contributed by atoms with Gasteiger partial charge in [0.05, 0.1) is 5.92 Å². The van der Waals surface area contributed by atoms with E-state index in [1.54, 1.807) is 43.3 Å². The average Bonchev–Trinajstić information content (AvgIpc) is 2.53. The number of nitrogens with one attached hydrogen (secondary N) is 2. The Kier molecular flexibility index (Phi) is 5.78.